The highest BCUT2D eigenvalue weighted by molar-refractivity contribution is 5.08. The van der Waals surface area contributed by atoms with Crippen LogP contribution in [0, 0.1) is 17.7 Å². The van der Waals surface area contributed by atoms with Crippen LogP contribution in [0.15, 0.2) is 18.3 Å². The maximum Gasteiger partial charge on any atom is 0.141 e. The predicted octanol–water partition coefficient (Wildman–Crippen LogP) is 1.59. The molecule has 3 unspecified atom stereocenters. The minimum Gasteiger partial charge on any atom is -0.396 e. The maximum atomic E-state index is 12.8. The lowest BCUT2D eigenvalue weighted by atomic mass is 9.95. The second-order valence-corrected chi connectivity index (χ2v) is 5.77. The zero-order valence-corrected chi connectivity index (χ0v) is 11.9. The van der Waals surface area contributed by atoms with Crippen molar-refractivity contribution in [1.29, 1.82) is 0 Å². The molecule has 1 aliphatic heterocycles. The van der Waals surface area contributed by atoms with Gasteiger partial charge < -0.3 is 15.1 Å². The summed E-state index contributed by atoms with van der Waals surface area (Å²) < 4.78 is 12.8. The number of aliphatic hydroxyl groups is 2. The fraction of sp³-hybridized carbons (Fsp3) is 0.667. The van der Waals surface area contributed by atoms with Gasteiger partial charge in [0.05, 0.1) is 18.0 Å². The molecule has 20 heavy (non-hydrogen) atoms. The van der Waals surface area contributed by atoms with Crippen molar-refractivity contribution in [2.24, 2.45) is 11.8 Å². The Kier molecular flexibility index (Phi) is 5.46. The third-order valence-corrected chi connectivity index (χ3v) is 4.00. The molecule has 1 aliphatic rings. The Bertz CT molecular complexity index is 413. The summed E-state index contributed by atoms with van der Waals surface area (Å²) in [5.74, 6) is -0.0298. The van der Waals surface area contributed by atoms with E-state index in [-0.39, 0.29) is 12.5 Å². The van der Waals surface area contributed by atoms with Crippen molar-refractivity contribution in [3.8, 4) is 0 Å². The van der Waals surface area contributed by atoms with Gasteiger partial charge in [-0.25, -0.2) is 4.39 Å². The maximum absolute atomic E-state index is 12.8. The third kappa shape index (κ3) is 3.98. The van der Waals surface area contributed by atoms with E-state index in [0.717, 1.165) is 38.7 Å². The minimum atomic E-state index is -0.690. The Morgan fingerprint density at radius 1 is 1.50 bits per heavy atom. The molecule has 1 saturated heterocycles. The molecule has 0 amide bonds. The van der Waals surface area contributed by atoms with Crippen LogP contribution in [0.1, 0.15) is 31.6 Å². The summed E-state index contributed by atoms with van der Waals surface area (Å²) in [6.07, 6.45) is 2.60. The van der Waals surface area contributed by atoms with Crippen molar-refractivity contribution < 1.29 is 14.6 Å². The summed E-state index contributed by atoms with van der Waals surface area (Å²) in [6, 6.07) is 2.85. The van der Waals surface area contributed by atoms with E-state index < -0.39 is 11.9 Å². The van der Waals surface area contributed by atoms with Crippen molar-refractivity contribution in [3.63, 3.8) is 0 Å². The highest BCUT2D eigenvalue weighted by Crippen LogP contribution is 2.23. The lowest BCUT2D eigenvalue weighted by molar-refractivity contribution is 0.0593. The fourth-order valence-electron chi connectivity index (χ4n) is 2.83. The molecule has 0 saturated carbocycles. The molecule has 2 rings (SSSR count). The third-order valence-electron chi connectivity index (χ3n) is 4.00. The van der Waals surface area contributed by atoms with E-state index in [1.165, 1.54) is 12.1 Å². The van der Waals surface area contributed by atoms with Gasteiger partial charge in [0.2, 0.25) is 0 Å². The first-order valence-corrected chi connectivity index (χ1v) is 7.23. The molecule has 0 aromatic carbocycles. The van der Waals surface area contributed by atoms with Gasteiger partial charge in [-0.2, -0.15) is 0 Å². The average Bonchev–Trinajstić information content (AvgIpc) is 2.47. The smallest absolute Gasteiger partial charge is 0.141 e. The molecular formula is C15H23FN2O2. The molecule has 5 heteroatoms. The van der Waals surface area contributed by atoms with Crippen LogP contribution in [0.2, 0.25) is 0 Å². The number of pyridine rings is 1. The molecule has 1 aromatic rings. The van der Waals surface area contributed by atoms with Gasteiger partial charge in [0, 0.05) is 25.6 Å². The lowest BCUT2D eigenvalue weighted by Gasteiger charge is -2.34. The molecule has 0 spiro atoms. The topological polar surface area (TPSA) is 56.6 Å². The van der Waals surface area contributed by atoms with Crippen LogP contribution < -0.4 is 0 Å². The van der Waals surface area contributed by atoms with Gasteiger partial charge in [0.1, 0.15) is 5.82 Å². The van der Waals surface area contributed by atoms with Crippen LogP contribution in [-0.4, -0.2) is 46.3 Å². The van der Waals surface area contributed by atoms with Crippen LogP contribution in [0.5, 0.6) is 0 Å². The van der Waals surface area contributed by atoms with E-state index in [9.17, 15) is 14.6 Å². The van der Waals surface area contributed by atoms with E-state index >= 15 is 0 Å². The van der Waals surface area contributed by atoms with Crippen LogP contribution in [0.25, 0.3) is 0 Å². The van der Waals surface area contributed by atoms with Crippen molar-refractivity contribution in [1.82, 2.24) is 9.88 Å². The van der Waals surface area contributed by atoms with Crippen molar-refractivity contribution >= 4 is 0 Å². The number of rotatable bonds is 5. The SMILES string of the molecule is CC(CN1CCCC(CO)C1)C(O)c1ccc(F)cn1. The van der Waals surface area contributed by atoms with Crippen molar-refractivity contribution in [2.75, 3.05) is 26.2 Å². The molecule has 1 aromatic heterocycles. The summed E-state index contributed by atoms with van der Waals surface area (Å²) >= 11 is 0. The second kappa shape index (κ2) is 7.11. The number of nitrogens with zero attached hydrogens (tertiary/aromatic N) is 2. The van der Waals surface area contributed by atoms with Crippen LogP contribution >= 0.6 is 0 Å². The zero-order valence-electron chi connectivity index (χ0n) is 11.9. The van der Waals surface area contributed by atoms with E-state index in [1.807, 2.05) is 6.92 Å². The molecule has 112 valence electrons. The predicted molar refractivity (Wildman–Crippen MR) is 74.6 cm³/mol. The monoisotopic (exact) mass is 282 g/mol. The standard InChI is InChI=1S/C15H23FN2O2/c1-11(8-18-6-2-3-12(9-18)10-19)15(20)14-5-4-13(16)7-17-14/h4-5,7,11-12,15,19-20H,2-3,6,8-10H2,1H3. The van der Waals surface area contributed by atoms with Crippen LogP contribution in [-0.2, 0) is 0 Å². The van der Waals surface area contributed by atoms with Gasteiger partial charge >= 0.3 is 0 Å². The number of aliphatic hydroxyl groups excluding tert-OH is 2. The van der Waals surface area contributed by atoms with E-state index in [4.69, 9.17) is 0 Å². The Balaban J connectivity index is 1.90. The Morgan fingerprint density at radius 3 is 2.95 bits per heavy atom. The molecule has 0 aliphatic carbocycles. The molecule has 4 nitrogen and oxygen atoms in total. The van der Waals surface area contributed by atoms with Gasteiger partial charge in [-0.1, -0.05) is 6.92 Å². The van der Waals surface area contributed by atoms with Crippen molar-refractivity contribution in [2.45, 2.75) is 25.9 Å². The molecule has 2 heterocycles. The zero-order chi connectivity index (χ0) is 14.5. The average molecular weight is 282 g/mol. The van der Waals surface area contributed by atoms with E-state index in [2.05, 4.69) is 9.88 Å². The van der Waals surface area contributed by atoms with E-state index in [0.29, 0.717) is 11.6 Å². The van der Waals surface area contributed by atoms with E-state index in [1.54, 1.807) is 0 Å². The minimum absolute atomic E-state index is 0.0189. The number of hydrogen-bond donors (Lipinski definition) is 2. The molecule has 0 bridgehead atoms. The first-order chi connectivity index (χ1) is 9.60. The van der Waals surface area contributed by atoms with Crippen molar-refractivity contribution in [3.05, 3.63) is 29.8 Å². The van der Waals surface area contributed by atoms with Crippen LogP contribution in [0.4, 0.5) is 4.39 Å². The summed E-state index contributed by atoms with van der Waals surface area (Å²) in [5, 5.41) is 19.5. The number of halogens is 1. The van der Waals surface area contributed by atoms with Gasteiger partial charge in [0.15, 0.2) is 0 Å². The summed E-state index contributed by atoms with van der Waals surface area (Å²) in [4.78, 5) is 6.22. The quantitative estimate of drug-likeness (QED) is 0.861. The normalized spacial score (nSPS) is 23.5. The highest BCUT2D eigenvalue weighted by Gasteiger charge is 2.24. The first-order valence-electron chi connectivity index (χ1n) is 7.23. The molecular weight excluding hydrogens is 259 g/mol. The summed E-state index contributed by atoms with van der Waals surface area (Å²) in [6.45, 7) is 4.84. The van der Waals surface area contributed by atoms with Gasteiger partial charge in [-0.15, -0.1) is 0 Å². The van der Waals surface area contributed by atoms with Gasteiger partial charge in [-0.05, 0) is 37.4 Å². The Hall–Kier alpha value is -1.04. The summed E-state index contributed by atoms with van der Waals surface area (Å²) in [7, 11) is 0. The highest BCUT2D eigenvalue weighted by atomic mass is 19.1. The second-order valence-electron chi connectivity index (χ2n) is 5.77. The van der Waals surface area contributed by atoms with Gasteiger partial charge in [-0.3, -0.25) is 4.98 Å². The molecule has 2 N–H and O–H groups in total. The summed E-state index contributed by atoms with van der Waals surface area (Å²) in [5.41, 5.74) is 0.509. The number of piperidine rings is 1. The number of likely N-dealkylation sites (tertiary alicyclic amines) is 1. The Labute approximate surface area is 119 Å². The molecule has 0 radical (unpaired) electrons. The largest absolute Gasteiger partial charge is 0.396 e. The van der Waals surface area contributed by atoms with Crippen LogP contribution in [0.3, 0.4) is 0 Å². The number of aromatic nitrogens is 1. The lowest BCUT2D eigenvalue weighted by Crippen LogP contribution is -2.40. The Morgan fingerprint density at radius 2 is 2.30 bits per heavy atom. The van der Waals surface area contributed by atoms with Gasteiger partial charge in [0.25, 0.3) is 0 Å². The first kappa shape index (κ1) is 15.4. The molecule has 1 fully saturated rings. The fourth-order valence-corrected chi connectivity index (χ4v) is 2.83. The molecule has 3 atom stereocenters. The number of hydrogen-bond acceptors (Lipinski definition) is 4.